The largest absolute Gasteiger partial charge is 0.347 e. The molecule has 0 saturated carbocycles. The Labute approximate surface area is 175 Å². The Bertz CT molecular complexity index is 1060. The minimum atomic E-state index is -0.541. The van der Waals surface area contributed by atoms with E-state index in [1.165, 1.54) is 4.90 Å². The van der Waals surface area contributed by atoms with Gasteiger partial charge in [-0.25, -0.2) is 9.97 Å². The molecule has 1 aliphatic heterocycles. The van der Waals surface area contributed by atoms with Gasteiger partial charge in [0.25, 0.3) is 0 Å². The molecule has 0 N–H and O–H groups in total. The minimum Gasteiger partial charge on any atom is -0.347 e. The average Bonchev–Trinajstić information content (AvgIpc) is 3.23. The molecule has 8 nitrogen and oxygen atoms in total. The van der Waals surface area contributed by atoms with E-state index in [2.05, 4.69) is 21.1 Å². The Hall–Kier alpha value is -3.29. The number of carbonyl (C=O) groups excluding carboxylic acids is 2. The number of fused-ring (bicyclic) bond motifs is 1. The molecule has 3 heterocycles. The minimum absolute atomic E-state index is 0.0118. The van der Waals surface area contributed by atoms with Crippen LogP contribution in [0.4, 0.5) is 5.82 Å². The molecule has 0 radical (unpaired) electrons. The molecule has 1 fully saturated rings. The highest BCUT2D eigenvalue weighted by atomic mass is 16.2. The first kappa shape index (κ1) is 20.0. The van der Waals surface area contributed by atoms with Gasteiger partial charge in [-0.3, -0.25) is 19.2 Å². The highest BCUT2D eigenvalue weighted by Crippen LogP contribution is 2.50. The summed E-state index contributed by atoms with van der Waals surface area (Å²) in [6, 6.07) is 1.78. The SMILES string of the molecule is Cc1ncc(C2=CCC3C(=C2)N(c2ccn(CC(=O)N(C)C)n2)C(=O)C3(C)C)cn1. The molecule has 0 aromatic carbocycles. The summed E-state index contributed by atoms with van der Waals surface area (Å²) in [6.07, 6.45) is 10.3. The molecule has 2 amide bonds. The second kappa shape index (κ2) is 7.19. The molecule has 156 valence electrons. The Morgan fingerprint density at radius 2 is 1.97 bits per heavy atom. The van der Waals surface area contributed by atoms with Crippen LogP contribution in [0.5, 0.6) is 0 Å². The van der Waals surface area contributed by atoms with Gasteiger partial charge in [0.1, 0.15) is 12.4 Å². The van der Waals surface area contributed by atoms with E-state index >= 15 is 0 Å². The number of rotatable bonds is 4. The second-order valence-corrected chi connectivity index (χ2v) is 8.56. The third kappa shape index (κ3) is 3.32. The zero-order valence-corrected chi connectivity index (χ0v) is 18.0. The average molecular weight is 406 g/mol. The van der Waals surface area contributed by atoms with Gasteiger partial charge in [0.05, 0.1) is 5.41 Å². The molecule has 1 aliphatic carbocycles. The van der Waals surface area contributed by atoms with Crippen LogP contribution in [-0.2, 0) is 16.1 Å². The molecule has 0 bridgehead atoms. The summed E-state index contributed by atoms with van der Waals surface area (Å²) in [4.78, 5) is 37.2. The summed E-state index contributed by atoms with van der Waals surface area (Å²) >= 11 is 0. The van der Waals surface area contributed by atoms with Crippen molar-refractivity contribution in [1.82, 2.24) is 24.6 Å². The van der Waals surface area contributed by atoms with Crippen molar-refractivity contribution in [2.45, 2.75) is 33.7 Å². The van der Waals surface area contributed by atoms with E-state index < -0.39 is 5.41 Å². The predicted octanol–water partition coefficient (Wildman–Crippen LogP) is 2.43. The molecule has 2 aromatic rings. The molecule has 1 saturated heterocycles. The first-order valence-electron chi connectivity index (χ1n) is 9.97. The lowest BCUT2D eigenvalue weighted by Crippen LogP contribution is -2.32. The molecule has 0 spiro atoms. The van der Waals surface area contributed by atoms with Gasteiger partial charge < -0.3 is 4.90 Å². The number of amides is 2. The van der Waals surface area contributed by atoms with Crippen LogP contribution >= 0.6 is 0 Å². The van der Waals surface area contributed by atoms with Crippen LogP contribution in [0.3, 0.4) is 0 Å². The zero-order chi connectivity index (χ0) is 21.6. The second-order valence-electron chi connectivity index (χ2n) is 8.56. The Balaban J connectivity index is 1.69. The van der Waals surface area contributed by atoms with Crippen molar-refractivity contribution >= 4 is 23.2 Å². The first-order valence-corrected chi connectivity index (χ1v) is 9.97. The quantitative estimate of drug-likeness (QED) is 0.779. The van der Waals surface area contributed by atoms with Gasteiger partial charge in [-0.2, -0.15) is 5.10 Å². The van der Waals surface area contributed by atoms with Gasteiger partial charge in [-0.05, 0) is 25.0 Å². The fourth-order valence-electron chi connectivity index (χ4n) is 3.94. The molecular weight excluding hydrogens is 380 g/mol. The number of aromatic nitrogens is 4. The highest BCUT2D eigenvalue weighted by Gasteiger charge is 2.52. The lowest BCUT2D eigenvalue weighted by molar-refractivity contribution is -0.129. The van der Waals surface area contributed by atoms with Gasteiger partial charge in [0.15, 0.2) is 5.82 Å². The van der Waals surface area contributed by atoms with Crippen molar-refractivity contribution in [2.24, 2.45) is 11.3 Å². The number of allylic oxidation sites excluding steroid dienone is 4. The van der Waals surface area contributed by atoms with E-state index in [4.69, 9.17) is 0 Å². The van der Waals surface area contributed by atoms with Crippen molar-refractivity contribution in [3.63, 3.8) is 0 Å². The van der Waals surface area contributed by atoms with Gasteiger partial charge >= 0.3 is 0 Å². The molecule has 2 aromatic heterocycles. The van der Waals surface area contributed by atoms with E-state index in [-0.39, 0.29) is 24.3 Å². The smallest absolute Gasteiger partial charge is 0.243 e. The van der Waals surface area contributed by atoms with Crippen molar-refractivity contribution in [2.75, 3.05) is 19.0 Å². The fourth-order valence-corrected chi connectivity index (χ4v) is 3.94. The molecular formula is C22H26N6O2. The highest BCUT2D eigenvalue weighted by molar-refractivity contribution is 6.04. The molecule has 30 heavy (non-hydrogen) atoms. The van der Waals surface area contributed by atoms with Crippen LogP contribution in [0.1, 0.15) is 31.7 Å². The fraction of sp³-hybridized carbons (Fsp3) is 0.409. The molecule has 2 aliphatic rings. The topological polar surface area (TPSA) is 84.2 Å². The maximum atomic E-state index is 13.3. The van der Waals surface area contributed by atoms with Crippen LogP contribution in [-0.4, -0.2) is 50.6 Å². The van der Waals surface area contributed by atoms with Gasteiger partial charge in [-0.15, -0.1) is 0 Å². The van der Waals surface area contributed by atoms with E-state index in [1.807, 2.05) is 26.8 Å². The molecule has 1 atom stereocenters. The molecule has 1 unspecified atom stereocenters. The first-order chi connectivity index (χ1) is 14.2. The lowest BCUT2D eigenvalue weighted by Gasteiger charge is -2.25. The standard InChI is InChI=1S/C22H26N6O2/c1-14-23-11-16(12-24-14)15-6-7-17-18(10-15)28(21(30)22(17,2)3)19-8-9-27(25-19)13-20(29)26(4)5/h6,8-12,17H,7,13H2,1-5H3. The number of nitrogens with zero attached hydrogens (tertiary/aromatic N) is 6. The Morgan fingerprint density at radius 1 is 1.27 bits per heavy atom. The normalized spacial score (nSPS) is 20.0. The number of hydrogen-bond donors (Lipinski definition) is 0. The van der Waals surface area contributed by atoms with Gasteiger partial charge in [0.2, 0.25) is 11.8 Å². The molecule has 4 rings (SSSR count). The van der Waals surface area contributed by atoms with E-state index in [9.17, 15) is 9.59 Å². The molecule has 8 heteroatoms. The Morgan fingerprint density at radius 3 is 2.63 bits per heavy atom. The summed E-state index contributed by atoms with van der Waals surface area (Å²) in [5.74, 6) is 1.27. The van der Waals surface area contributed by atoms with Gasteiger partial charge in [-0.1, -0.05) is 19.9 Å². The summed E-state index contributed by atoms with van der Waals surface area (Å²) < 4.78 is 1.57. The van der Waals surface area contributed by atoms with Crippen molar-refractivity contribution < 1.29 is 9.59 Å². The van der Waals surface area contributed by atoms with Crippen molar-refractivity contribution in [1.29, 1.82) is 0 Å². The maximum absolute atomic E-state index is 13.3. The maximum Gasteiger partial charge on any atom is 0.243 e. The lowest BCUT2D eigenvalue weighted by atomic mass is 9.75. The van der Waals surface area contributed by atoms with E-state index in [0.29, 0.717) is 5.82 Å². The van der Waals surface area contributed by atoms with Crippen LogP contribution in [0, 0.1) is 18.3 Å². The summed E-state index contributed by atoms with van der Waals surface area (Å²) in [6.45, 7) is 5.94. The summed E-state index contributed by atoms with van der Waals surface area (Å²) in [5.41, 5.74) is 2.30. The number of likely N-dealkylation sites (N-methyl/N-ethyl adjacent to an activating group) is 1. The predicted molar refractivity (Wildman–Crippen MR) is 113 cm³/mol. The van der Waals surface area contributed by atoms with Crippen LogP contribution < -0.4 is 4.90 Å². The van der Waals surface area contributed by atoms with Crippen LogP contribution in [0.2, 0.25) is 0 Å². The van der Waals surface area contributed by atoms with E-state index in [0.717, 1.165) is 29.1 Å². The third-order valence-electron chi connectivity index (χ3n) is 5.88. The number of aryl methyl sites for hydroxylation is 1. The monoisotopic (exact) mass is 406 g/mol. The van der Waals surface area contributed by atoms with E-state index in [1.54, 1.807) is 48.3 Å². The Kier molecular flexibility index (Phi) is 4.80. The summed E-state index contributed by atoms with van der Waals surface area (Å²) in [7, 11) is 3.42. The van der Waals surface area contributed by atoms with Crippen LogP contribution in [0.25, 0.3) is 5.57 Å². The third-order valence-corrected chi connectivity index (χ3v) is 5.88. The van der Waals surface area contributed by atoms with Crippen molar-refractivity contribution in [3.8, 4) is 0 Å². The summed E-state index contributed by atoms with van der Waals surface area (Å²) in [5, 5.41) is 4.52. The number of hydrogen-bond acceptors (Lipinski definition) is 5. The number of anilines is 1. The van der Waals surface area contributed by atoms with Gasteiger partial charge in [0, 0.05) is 55.9 Å². The van der Waals surface area contributed by atoms with Crippen molar-refractivity contribution in [3.05, 3.63) is 53.9 Å². The van der Waals surface area contributed by atoms with Crippen LogP contribution in [0.15, 0.2) is 42.5 Å². The zero-order valence-electron chi connectivity index (χ0n) is 18.0. The number of carbonyl (C=O) groups is 2.